The van der Waals surface area contributed by atoms with Crippen LogP contribution in [0, 0.1) is 19.8 Å². The smallest absolute Gasteiger partial charge is 0.351 e. The lowest BCUT2D eigenvalue weighted by Crippen LogP contribution is -2.45. The van der Waals surface area contributed by atoms with Crippen LogP contribution >= 0.6 is 11.3 Å². The molecule has 0 saturated heterocycles. The molecule has 0 bridgehead atoms. The normalized spacial score (nSPS) is 12.1. The minimum atomic E-state index is -1.09. The van der Waals surface area contributed by atoms with Crippen LogP contribution in [0.2, 0.25) is 0 Å². The largest absolute Gasteiger partial charge is 0.448 e. The molecule has 3 amide bonds. The highest BCUT2D eigenvalue weighted by molar-refractivity contribution is 7.13. The van der Waals surface area contributed by atoms with Crippen molar-refractivity contribution < 1.29 is 19.1 Å². The number of esters is 1. The van der Waals surface area contributed by atoms with E-state index < -0.39 is 24.0 Å². The van der Waals surface area contributed by atoms with Gasteiger partial charge in [-0.1, -0.05) is 13.8 Å². The van der Waals surface area contributed by atoms with Gasteiger partial charge in [0.05, 0.1) is 10.7 Å². The first kappa shape index (κ1) is 16.1. The van der Waals surface area contributed by atoms with Gasteiger partial charge in [-0.05, 0) is 19.8 Å². The molecule has 1 rings (SSSR count). The molecule has 0 aliphatic rings. The average molecular weight is 299 g/mol. The summed E-state index contributed by atoms with van der Waals surface area (Å²) in [6, 6.07) is -0.985. The number of rotatable bonds is 4. The van der Waals surface area contributed by atoms with Crippen molar-refractivity contribution in [2.45, 2.75) is 33.8 Å². The van der Waals surface area contributed by atoms with Crippen LogP contribution in [0.1, 0.15) is 34.2 Å². The molecule has 1 aromatic heterocycles. The first-order valence-corrected chi connectivity index (χ1v) is 6.79. The van der Waals surface area contributed by atoms with Gasteiger partial charge in [-0.25, -0.2) is 14.6 Å². The molecule has 20 heavy (non-hydrogen) atoms. The van der Waals surface area contributed by atoms with Crippen molar-refractivity contribution in [2.75, 3.05) is 0 Å². The fourth-order valence-corrected chi connectivity index (χ4v) is 2.38. The van der Waals surface area contributed by atoms with E-state index in [1.165, 1.54) is 11.3 Å². The number of aromatic nitrogens is 1. The monoisotopic (exact) mass is 299 g/mol. The van der Waals surface area contributed by atoms with E-state index in [1.54, 1.807) is 27.7 Å². The number of urea groups is 1. The highest BCUT2D eigenvalue weighted by Crippen LogP contribution is 2.20. The maximum absolute atomic E-state index is 12.0. The summed E-state index contributed by atoms with van der Waals surface area (Å²) < 4.78 is 5.17. The summed E-state index contributed by atoms with van der Waals surface area (Å²) in [7, 11) is 0. The van der Waals surface area contributed by atoms with Gasteiger partial charge in [-0.2, -0.15) is 0 Å². The highest BCUT2D eigenvalue weighted by Gasteiger charge is 2.29. The van der Waals surface area contributed by atoms with E-state index in [0.717, 1.165) is 5.01 Å². The van der Waals surface area contributed by atoms with E-state index in [2.05, 4.69) is 4.98 Å². The molecule has 0 fully saturated rings. The Kier molecular flexibility index (Phi) is 5.20. The summed E-state index contributed by atoms with van der Waals surface area (Å²) in [6.45, 7) is 6.86. The number of ether oxygens (including phenoxy) is 1. The Morgan fingerprint density at radius 2 is 1.90 bits per heavy atom. The van der Waals surface area contributed by atoms with Gasteiger partial charge in [-0.15, -0.1) is 11.3 Å². The number of primary amides is 1. The predicted octanol–water partition coefficient (Wildman–Crippen LogP) is 1.14. The number of hydrogen-bond donors (Lipinski definition) is 2. The van der Waals surface area contributed by atoms with Gasteiger partial charge in [0.15, 0.2) is 6.10 Å². The topological polar surface area (TPSA) is 111 Å². The van der Waals surface area contributed by atoms with Crippen LogP contribution in [0.5, 0.6) is 0 Å². The first-order chi connectivity index (χ1) is 9.22. The van der Waals surface area contributed by atoms with Crippen LogP contribution in [0.4, 0.5) is 4.79 Å². The minimum Gasteiger partial charge on any atom is -0.448 e. The Labute approximate surface area is 120 Å². The number of amides is 3. The molecule has 0 aliphatic heterocycles. The Hall–Kier alpha value is -1.96. The fourth-order valence-electron chi connectivity index (χ4n) is 1.57. The fraction of sp³-hybridized carbons (Fsp3) is 0.500. The summed E-state index contributed by atoms with van der Waals surface area (Å²) in [5.41, 5.74) is 5.43. The molecule has 1 atom stereocenters. The Morgan fingerprint density at radius 1 is 1.30 bits per heavy atom. The predicted molar refractivity (Wildman–Crippen MR) is 73.4 cm³/mol. The van der Waals surface area contributed by atoms with Crippen molar-refractivity contribution in [3.05, 3.63) is 15.6 Å². The molecular formula is C12H17N3O4S. The molecule has 0 spiro atoms. The zero-order valence-corrected chi connectivity index (χ0v) is 12.5. The summed E-state index contributed by atoms with van der Waals surface area (Å²) in [5, 5.41) is 2.64. The zero-order chi connectivity index (χ0) is 15.4. The van der Waals surface area contributed by atoms with Gasteiger partial charge in [0.2, 0.25) is 0 Å². The van der Waals surface area contributed by atoms with Crippen molar-refractivity contribution in [3.63, 3.8) is 0 Å². The highest BCUT2D eigenvalue weighted by atomic mass is 32.1. The Morgan fingerprint density at radius 3 is 2.30 bits per heavy atom. The Bertz CT molecular complexity index is 539. The number of thiazole rings is 1. The van der Waals surface area contributed by atoms with E-state index in [0.29, 0.717) is 10.6 Å². The molecule has 1 heterocycles. The van der Waals surface area contributed by atoms with E-state index in [1.807, 2.05) is 5.32 Å². The Balaban J connectivity index is 2.86. The van der Waals surface area contributed by atoms with Crippen LogP contribution in [-0.2, 0) is 9.53 Å². The lowest BCUT2D eigenvalue weighted by atomic mass is 10.1. The molecule has 110 valence electrons. The lowest BCUT2D eigenvalue weighted by Gasteiger charge is -2.19. The summed E-state index contributed by atoms with van der Waals surface area (Å²) in [6.07, 6.45) is -1.09. The van der Waals surface area contributed by atoms with Gasteiger partial charge in [0, 0.05) is 0 Å². The molecule has 0 saturated carbocycles. The number of nitrogens with zero attached hydrogens (tertiary/aromatic N) is 1. The second kappa shape index (κ2) is 6.47. The van der Waals surface area contributed by atoms with Gasteiger partial charge in [0.1, 0.15) is 4.88 Å². The average Bonchev–Trinajstić information content (AvgIpc) is 2.63. The number of aryl methyl sites for hydroxylation is 2. The van der Waals surface area contributed by atoms with Crippen LogP contribution in [0.25, 0.3) is 0 Å². The number of nitrogens with one attached hydrogen (secondary N) is 1. The minimum absolute atomic E-state index is 0.298. The summed E-state index contributed by atoms with van der Waals surface area (Å²) in [4.78, 5) is 38.9. The van der Waals surface area contributed by atoms with Gasteiger partial charge in [0.25, 0.3) is 5.91 Å². The van der Waals surface area contributed by atoms with Gasteiger partial charge >= 0.3 is 12.0 Å². The van der Waals surface area contributed by atoms with Crippen molar-refractivity contribution in [1.29, 1.82) is 0 Å². The lowest BCUT2D eigenvalue weighted by molar-refractivity contribution is -0.130. The summed E-state index contributed by atoms with van der Waals surface area (Å²) >= 11 is 1.19. The van der Waals surface area contributed by atoms with Crippen molar-refractivity contribution in [3.8, 4) is 0 Å². The maximum atomic E-state index is 12.0. The number of imide groups is 1. The number of carbonyl (C=O) groups is 3. The van der Waals surface area contributed by atoms with Crippen molar-refractivity contribution in [1.82, 2.24) is 10.3 Å². The molecular weight excluding hydrogens is 282 g/mol. The number of hydrogen-bond acceptors (Lipinski definition) is 6. The number of carbonyl (C=O) groups excluding carboxylic acids is 3. The third-order valence-corrected chi connectivity index (χ3v) is 3.49. The zero-order valence-electron chi connectivity index (χ0n) is 11.7. The standard InChI is InChI=1S/C12H17N3O4S/c1-5(2)8(10(16)15-12(13)18)19-11(17)9-6(3)14-7(4)20-9/h5,8H,1-4H3,(H3,13,15,16,18)/t8-/m0/s1. The third-order valence-electron chi connectivity index (χ3n) is 2.43. The molecule has 1 aromatic rings. The molecule has 0 aromatic carbocycles. The van der Waals surface area contributed by atoms with E-state index in [4.69, 9.17) is 10.5 Å². The van der Waals surface area contributed by atoms with Crippen molar-refractivity contribution >= 4 is 29.2 Å². The van der Waals surface area contributed by atoms with Crippen LogP contribution < -0.4 is 11.1 Å². The first-order valence-electron chi connectivity index (χ1n) is 5.97. The number of nitrogens with two attached hydrogens (primary N) is 1. The second-order valence-corrected chi connectivity index (χ2v) is 5.77. The van der Waals surface area contributed by atoms with Crippen LogP contribution in [0.15, 0.2) is 0 Å². The van der Waals surface area contributed by atoms with E-state index in [-0.39, 0.29) is 5.92 Å². The van der Waals surface area contributed by atoms with Crippen molar-refractivity contribution in [2.24, 2.45) is 11.7 Å². The second-order valence-electron chi connectivity index (χ2n) is 4.57. The van der Waals surface area contributed by atoms with Crippen LogP contribution in [-0.4, -0.2) is 29.0 Å². The van der Waals surface area contributed by atoms with E-state index in [9.17, 15) is 14.4 Å². The van der Waals surface area contributed by atoms with Crippen LogP contribution in [0.3, 0.4) is 0 Å². The molecule has 0 unspecified atom stereocenters. The molecule has 7 nitrogen and oxygen atoms in total. The molecule has 0 radical (unpaired) electrons. The van der Waals surface area contributed by atoms with E-state index >= 15 is 0 Å². The third kappa shape index (κ3) is 4.02. The quantitative estimate of drug-likeness (QED) is 0.810. The molecule has 3 N–H and O–H groups in total. The molecule has 8 heteroatoms. The summed E-state index contributed by atoms with van der Waals surface area (Å²) in [5.74, 6) is -1.67. The van der Waals surface area contributed by atoms with Gasteiger partial charge < -0.3 is 10.5 Å². The molecule has 0 aliphatic carbocycles. The van der Waals surface area contributed by atoms with Gasteiger partial charge in [-0.3, -0.25) is 10.1 Å². The SMILES string of the molecule is Cc1nc(C)c(C(=O)O[C@H](C(=O)NC(N)=O)C(C)C)s1. The maximum Gasteiger partial charge on any atom is 0.351 e.